The minimum Gasteiger partial charge on any atom is -0.445 e. The van der Waals surface area contributed by atoms with Crippen LogP contribution in [0.3, 0.4) is 0 Å². The summed E-state index contributed by atoms with van der Waals surface area (Å²) in [5.41, 5.74) is 7.12. The van der Waals surface area contributed by atoms with E-state index in [0.717, 1.165) is 30.3 Å². The highest BCUT2D eigenvalue weighted by Gasteiger charge is 2.31. The van der Waals surface area contributed by atoms with Crippen molar-refractivity contribution in [3.63, 3.8) is 0 Å². The molecule has 0 fully saturated rings. The number of carbonyl (C=O) groups is 6. The standard InChI is InChI=1S/C29H36N6O7/c1-20(32-29(41)42-19-23-13-9-6-10-14-23)26(38)31-21(2)27(39)34(4)35(28(30)40)25(37)16-15-24(36)33(3)18-17-22-11-7-5-8-12-22/h5-16,20-21H,17-19H2,1-4H3,(H2,30,40)(H,31,38)(H,32,41)/t20-,21-/m0/s1. The molecular formula is C29H36N6O7. The van der Waals surface area contributed by atoms with Crippen molar-refractivity contribution in [1.82, 2.24) is 25.6 Å². The van der Waals surface area contributed by atoms with Gasteiger partial charge in [0.25, 0.3) is 11.8 Å². The molecule has 0 spiro atoms. The Morgan fingerprint density at radius 2 is 1.36 bits per heavy atom. The van der Waals surface area contributed by atoms with E-state index in [1.54, 1.807) is 31.3 Å². The number of alkyl carbamates (subject to hydrolysis) is 1. The molecular weight excluding hydrogens is 544 g/mol. The van der Waals surface area contributed by atoms with Crippen LogP contribution in [0.4, 0.5) is 9.59 Å². The molecule has 0 aliphatic carbocycles. The lowest BCUT2D eigenvalue weighted by molar-refractivity contribution is -0.153. The molecule has 2 aromatic carbocycles. The van der Waals surface area contributed by atoms with Gasteiger partial charge >= 0.3 is 12.1 Å². The fourth-order valence-electron chi connectivity index (χ4n) is 3.58. The van der Waals surface area contributed by atoms with Crippen LogP contribution in [0.1, 0.15) is 25.0 Å². The van der Waals surface area contributed by atoms with E-state index in [4.69, 9.17) is 10.5 Å². The van der Waals surface area contributed by atoms with Crippen molar-refractivity contribution < 1.29 is 33.5 Å². The molecule has 2 atom stereocenters. The maximum Gasteiger partial charge on any atom is 0.408 e. The molecule has 0 heterocycles. The Morgan fingerprint density at radius 1 is 0.810 bits per heavy atom. The average Bonchev–Trinajstić information content (AvgIpc) is 2.97. The summed E-state index contributed by atoms with van der Waals surface area (Å²) in [7, 11) is 2.67. The zero-order valence-corrected chi connectivity index (χ0v) is 24.0. The van der Waals surface area contributed by atoms with Gasteiger partial charge in [0.2, 0.25) is 11.8 Å². The van der Waals surface area contributed by atoms with E-state index in [1.807, 2.05) is 36.4 Å². The number of nitrogens with zero attached hydrogens (tertiary/aromatic N) is 3. The van der Waals surface area contributed by atoms with Gasteiger partial charge in [0.05, 0.1) is 0 Å². The van der Waals surface area contributed by atoms with Crippen molar-refractivity contribution in [2.45, 2.75) is 39.0 Å². The van der Waals surface area contributed by atoms with E-state index < -0.39 is 47.8 Å². The van der Waals surface area contributed by atoms with Gasteiger partial charge in [0.1, 0.15) is 18.7 Å². The second kappa shape index (κ2) is 16.2. The number of hydrazine groups is 1. The van der Waals surface area contributed by atoms with Gasteiger partial charge in [0.15, 0.2) is 0 Å². The molecule has 224 valence electrons. The van der Waals surface area contributed by atoms with Crippen molar-refractivity contribution in [2.24, 2.45) is 5.73 Å². The molecule has 0 saturated heterocycles. The fraction of sp³-hybridized carbons (Fsp3) is 0.310. The number of hydrogen-bond donors (Lipinski definition) is 3. The van der Waals surface area contributed by atoms with E-state index >= 15 is 0 Å². The quantitative estimate of drug-likeness (QED) is 0.266. The van der Waals surface area contributed by atoms with Gasteiger partial charge in [-0.05, 0) is 31.4 Å². The third-order valence-electron chi connectivity index (χ3n) is 6.03. The second-order valence-electron chi connectivity index (χ2n) is 9.34. The molecule has 0 saturated carbocycles. The second-order valence-corrected chi connectivity index (χ2v) is 9.34. The first-order valence-corrected chi connectivity index (χ1v) is 13.1. The summed E-state index contributed by atoms with van der Waals surface area (Å²) >= 11 is 0. The smallest absolute Gasteiger partial charge is 0.408 e. The number of primary amides is 1. The van der Waals surface area contributed by atoms with Gasteiger partial charge in [-0.2, -0.15) is 5.01 Å². The van der Waals surface area contributed by atoms with E-state index in [2.05, 4.69) is 10.6 Å². The van der Waals surface area contributed by atoms with Gasteiger partial charge in [-0.25, -0.2) is 14.6 Å². The zero-order chi connectivity index (χ0) is 31.2. The fourth-order valence-corrected chi connectivity index (χ4v) is 3.58. The monoisotopic (exact) mass is 580 g/mol. The Balaban J connectivity index is 1.89. The van der Waals surface area contributed by atoms with Crippen LogP contribution >= 0.6 is 0 Å². The molecule has 2 rings (SSSR count). The Labute approximate surface area is 244 Å². The molecule has 0 bridgehead atoms. The third-order valence-corrected chi connectivity index (χ3v) is 6.03. The van der Waals surface area contributed by atoms with Crippen LogP contribution in [0.2, 0.25) is 0 Å². The van der Waals surface area contributed by atoms with Crippen molar-refractivity contribution in [2.75, 3.05) is 20.6 Å². The van der Waals surface area contributed by atoms with Gasteiger partial charge in [-0.1, -0.05) is 60.7 Å². The number of benzene rings is 2. The van der Waals surface area contributed by atoms with Gasteiger partial charge < -0.3 is 26.0 Å². The summed E-state index contributed by atoms with van der Waals surface area (Å²) in [5.74, 6) is -3.13. The molecule has 0 unspecified atom stereocenters. The number of urea groups is 1. The van der Waals surface area contributed by atoms with Crippen LogP contribution < -0.4 is 16.4 Å². The molecule has 42 heavy (non-hydrogen) atoms. The summed E-state index contributed by atoms with van der Waals surface area (Å²) in [6.07, 6.45) is 1.56. The maximum absolute atomic E-state index is 12.9. The molecule has 7 amide bonds. The summed E-state index contributed by atoms with van der Waals surface area (Å²) in [6, 6.07) is 14.9. The predicted octanol–water partition coefficient (Wildman–Crippen LogP) is 1.34. The Kier molecular flexibility index (Phi) is 12.7. The zero-order valence-electron chi connectivity index (χ0n) is 24.0. The maximum atomic E-state index is 12.9. The molecule has 0 radical (unpaired) electrons. The normalized spacial score (nSPS) is 12.0. The highest BCUT2D eigenvalue weighted by molar-refractivity contribution is 6.04. The first-order chi connectivity index (χ1) is 19.9. The van der Waals surface area contributed by atoms with Crippen LogP contribution in [0.5, 0.6) is 0 Å². The van der Waals surface area contributed by atoms with Crippen LogP contribution in [0.15, 0.2) is 72.8 Å². The van der Waals surface area contributed by atoms with Crippen LogP contribution in [0.25, 0.3) is 0 Å². The molecule has 4 N–H and O–H groups in total. The number of likely N-dealkylation sites (N-methyl/N-ethyl adjacent to an activating group) is 2. The Morgan fingerprint density at radius 3 is 1.93 bits per heavy atom. The van der Waals surface area contributed by atoms with E-state index in [9.17, 15) is 28.8 Å². The summed E-state index contributed by atoms with van der Waals surface area (Å²) in [4.78, 5) is 76.0. The van der Waals surface area contributed by atoms with Gasteiger partial charge in [-0.3, -0.25) is 19.2 Å². The number of rotatable bonds is 11. The largest absolute Gasteiger partial charge is 0.445 e. The van der Waals surface area contributed by atoms with E-state index in [1.165, 1.54) is 18.7 Å². The highest BCUT2D eigenvalue weighted by Crippen LogP contribution is 2.05. The molecule has 2 aromatic rings. The van der Waals surface area contributed by atoms with Crippen LogP contribution in [-0.4, -0.2) is 83.4 Å². The van der Waals surface area contributed by atoms with Gasteiger partial charge in [-0.15, -0.1) is 0 Å². The highest BCUT2D eigenvalue weighted by atomic mass is 16.5. The average molecular weight is 581 g/mol. The number of hydrogen-bond acceptors (Lipinski definition) is 7. The van der Waals surface area contributed by atoms with Crippen LogP contribution in [-0.2, 0) is 36.9 Å². The number of carbonyl (C=O) groups excluding carboxylic acids is 6. The number of nitrogens with one attached hydrogen (secondary N) is 2. The number of imide groups is 1. The molecule has 0 aliphatic rings. The minimum atomic E-state index is -1.28. The lowest BCUT2D eigenvalue weighted by Gasteiger charge is -2.30. The topological polar surface area (TPSA) is 171 Å². The van der Waals surface area contributed by atoms with Crippen molar-refractivity contribution in [1.29, 1.82) is 0 Å². The first kappa shape index (κ1) is 33.0. The summed E-state index contributed by atoms with van der Waals surface area (Å²) in [6.45, 7) is 3.09. The number of amides is 7. The molecule has 13 heteroatoms. The Hall–Kier alpha value is -5.20. The third kappa shape index (κ3) is 10.4. The number of nitrogens with two attached hydrogens (primary N) is 1. The molecule has 0 aromatic heterocycles. The summed E-state index contributed by atoms with van der Waals surface area (Å²) < 4.78 is 5.08. The SMILES string of the molecule is C[C@H](NC(=O)OCc1ccccc1)C(=O)N[C@@H](C)C(=O)N(C)N(C(N)=O)C(=O)C=CC(=O)N(C)CCc1ccccc1. The van der Waals surface area contributed by atoms with Crippen molar-refractivity contribution in [3.8, 4) is 0 Å². The lowest BCUT2D eigenvalue weighted by atomic mass is 10.1. The summed E-state index contributed by atoms with van der Waals surface area (Å²) in [5, 5.41) is 5.72. The van der Waals surface area contributed by atoms with E-state index in [-0.39, 0.29) is 6.61 Å². The van der Waals surface area contributed by atoms with Crippen molar-refractivity contribution in [3.05, 3.63) is 83.9 Å². The van der Waals surface area contributed by atoms with Crippen LogP contribution in [0, 0.1) is 0 Å². The van der Waals surface area contributed by atoms with E-state index in [0.29, 0.717) is 23.0 Å². The number of ether oxygens (including phenoxy) is 1. The first-order valence-electron chi connectivity index (χ1n) is 13.1. The molecule has 13 nitrogen and oxygen atoms in total. The Bertz CT molecular complexity index is 1290. The lowest BCUT2D eigenvalue weighted by Crippen LogP contribution is -2.58. The molecule has 0 aliphatic heterocycles. The van der Waals surface area contributed by atoms with Crippen molar-refractivity contribution >= 4 is 35.8 Å². The van der Waals surface area contributed by atoms with Gasteiger partial charge in [0, 0.05) is 32.8 Å². The minimum absolute atomic E-state index is 0.00168. The predicted molar refractivity (Wildman–Crippen MR) is 153 cm³/mol.